The van der Waals surface area contributed by atoms with Gasteiger partial charge in [0.05, 0.1) is 22.2 Å². The van der Waals surface area contributed by atoms with E-state index in [4.69, 9.17) is 0 Å². The van der Waals surface area contributed by atoms with Crippen molar-refractivity contribution in [3.63, 3.8) is 0 Å². The molecule has 1 N–H and O–H groups in total. The van der Waals surface area contributed by atoms with Crippen molar-refractivity contribution in [3.8, 4) is 17.2 Å². The maximum absolute atomic E-state index is 13.1. The third-order valence-corrected chi connectivity index (χ3v) is 6.90. The Morgan fingerprint density at radius 1 is 1.21 bits per heavy atom. The third kappa shape index (κ3) is 5.49. The van der Waals surface area contributed by atoms with Gasteiger partial charge in [0.1, 0.15) is 0 Å². The van der Waals surface area contributed by atoms with Gasteiger partial charge in [0, 0.05) is 16.0 Å². The van der Waals surface area contributed by atoms with Gasteiger partial charge >= 0.3 is 5.69 Å². The van der Waals surface area contributed by atoms with Gasteiger partial charge in [-0.15, -0.1) is 0 Å². The molecule has 1 atom stereocenters. The molecule has 0 saturated heterocycles. The fourth-order valence-electron chi connectivity index (χ4n) is 3.96. The Labute approximate surface area is 207 Å². The lowest BCUT2D eigenvalue weighted by Crippen LogP contribution is -2.26. The molecule has 1 unspecified atom stereocenters. The number of carbonyl (C=O) groups excluding carboxylic acids is 1. The number of aryl methyl sites for hydroxylation is 1. The van der Waals surface area contributed by atoms with Crippen LogP contribution in [0.5, 0.6) is 0 Å². The molecule has 34 heavy (non-hydrogen) atoms. The summed E-state index contributed by atoms with van der Waals surface area (Å²) in [6.45, 7) is 5.35. The molecule has 3 rings (SSSR count). The molecule has 7 nitrogen and oxygen atoms in total. The summed E-state index contributed by atoms with van der Waals surface area (Å²) < 4.78 is 0.556. The predicted molar refractivity (Wildman–Crippen MR) is 135 cm³/mol. The van der Waals surface area contributed by atoms with Gasteiger partial charge in [0.2, 0.25) is 11.7 Å². The van der Waals surface area contributed by atoms with Crippen LogP contribution in [0.15, 0.2) is 53.0 Å². The number of hydrogen-bond donors (Lipinski definition) is 1. The molecule has 0 saturated carbocycles. The van der Waals surface area contributed by atoms with E-state index in [-0.39, 0.29) is 23.3 Å². The van der Waals surface area contributed by atoms with Crippen molar-refractivity contribution in [2.45, 2.75) is 40.0 Å². The van der Waals surface area contributed by atoms with E-state index in [1.165, 1.54) is 0 Å². The van der Waals surface area contributed by atoms with Crippen LogP contribution in [0.2, 0.25) is 0 Å². The maximum Gasteiger partial charge on any atom is 0.315 e. The van der Waals surface area contributed by atoms with E-state index in [0.717, 1.165) is 23.1 Å². The Balaban J connectivity index is 1.83. The first-order chi connectivity index (χ1) is 16.3. The standard InChI is InChI=1S/C26H25BrN4O3/c1-4-7-20(26(32)30-25-24(31(33)34)16(2)23(27)17(3)29-25)14-18-10-12-19(13-11-18)22-9-6-5-8-21(22)15-28/h5-6,8-13,20H,4,7,14H2,1-3H3,(H,29,30,32). The lowest BCUT2D eigenvalue weighted by atomic mass is 9.92. The molecule has 0 aliphatic rings. The first-order valence-corrected chi connectivity index (χ1v) is 11.8. The number of carbonyl (C=O) groups is 1. The van der Waals surface area contributed by atoms with Crippen LogP contribution in [0.4, 0.5) is 11.5 Å². The summed E-state index contributed by atoms with van der Waals surface area (Å²) in [4.78, 5) is 28.5. The predicted octanol–water partition coefficient (Wildman–Crippen LogP) is 6.51. The summed E-state index contributed by atoms with van der Waals surface area (Å²) in [5.41, 5.74) is 4.15. The Morgan fingerprint density at radius 3 is 2.50 bits per heavy atom. The number of nitro groups is 1. The van der Waals surface area contributed by atoms with Gasteiger partial charge in [-0.3, -0.25) is 14.9 Å². The lowest BCUT2D eigenvalue weighted by molar-refractivity contribution is -0.384. The molecular formula is C26H25BrN4O3. The van der Waals surface area contributed by atoms with Crippen molar-refractivity contribution < 1.29 is 9.72 Å². The van der Waals surface area contributed by atoms with Crippen molar-refractivity contribution in [2.75, 3.05) is 5.32 Å². The van der Waals surface area contributed by atoms with Gasteiger partial charge in [0.25, 0.3) is 0 Å². The number of halogens is 1. The second-order valence-corrected chi connectivity index (χ2v) is 8.92. The molecule has 1 heterocycles. The van der Waals surface area contributed by atoms with Gasteiger partial charge < -0.3 is 5.32 Å². The number of hydrogen-bond acceptors (Lipinski definition) is 5. The Morgan fingerprint density at radius 2 is 1.88 bits per heavy atom. The first kappa shape index (κ1) is 25.1. The molecular weight excluding hydrogens is 496 g/mol. The number of nitrogens with zero attached hydrogens (tertiary/aromatic N) is 3. The van der Waals surface area contributed by atoms with E-state index in [0.29, 0.717) is 34.1 Å². The van der Waals surface area contributed by atoms with Gasteiger partial charge in [-0.2, -0.15) is 5.26 Å². The van der Waals surface area contributed by atoms with Crippen LogP contribution in [0.3, 0.4) is 0 Å². The highest BCUT2D eigenvalue weighted by Gasteiger charge is 2.27. The maximum atomic E-state index is 13.1. The highest BCUT2D eigenvalue weighted by molar-refractivity contribution is 9.10. The average molecular weight is 521 g/mol. The molecule has 0 aliphatic carbocycles. The molecule has 8 heteroatoms. The van der Waals surface area contributed by atoms with Crippen molar-refractivity contribution in [2.24, 2.45) is 5.92 Å². The fourth-order valence-corrected chi connectivity index (χ4v) is 4.24. The van der Waals surface area contributed by atoms with E-state index < -0.39 is 4.92 Å². The molecule has 0 radical (unpaired) electrons. The van der Waals surface area contributed by atoms with Crippen molar-refractivity contribution >= 4 is 33.3 Å². The smallest absolute Gasteiger partial charge is 0.305 e. The highest BCUT2D eigenvalue weighted by atomic mass is 79.9. The van der Waals surface area contributed by atoms with Gasteiger partial charge in [0.15, 0.2) is 0 Å². The molecule has 0 fully saturated rings. The fraction of sp³-hybridized carbons (Fsp3) is 0.269. The zero-order valence-electron chi connectivity index (χ0n) is 19.3. The monoisotopic (exact) mass is 520 g/mol. The van der Waals surface area contributed by atoms with Crippen LogP contribution in [0.1, 0.15) is 42.1 Å². The lowest BCUT2D eigenvalue weighted by Gasteiger charge is -2.17. The van der Waals surface area contributed by atoms with Gasteiger partial charge in [-0.1, -0.05) is 55.8 Å². The Kier molecular flexibility index (Phi) is 8.13. The number of benzene rings is 2. The quantitative estimate of drug-likeness (QED) is 0.269. The number of amides is 1. The topological polar surface area (TPSA) is 109 Å². The number of rotatable bonds is 8. The van der Waals surface area contributed by atoms with Crippen LogP contribution in [0, 0.1) is 41.2 Å². The summed E-state index contributed by atoms with van der Waals surface area (Å²) in [5.74, 6) is -0.692. The summed E-state index contributed by atoms with van der Waals surface area (Å²) in [5, 5.41) is 23.7. The van der Waals surface area contributed by atoms with Crippen molar-refractivity contribution in [1.82, 2.24) is 4.98 Å². The third-order valence-electron chi connectivity index (χ3n) is 5.73. The zero-order valence-corrected chi connectivity index (χ0v) is 20.8. The van der Waals surface area contributed by atoms with Crippen molar-refractivity contribution in [1.29, 1.82) is 5.26 Å². The average Bonchev–Trinajstić information content (AvgIpc) is 2.82. The second-order valence-electron chi connectivity index (χ2n) is 8.12. The summed E-state index contributed by atoms with van der Waals surface area (Å²) >= 11 is 3.33. The summed E-state index contributed by atoms with van der Waals surface area (Å²) in [6, 6.07) is 17.4. The second kappa shape index (κ2) is 11.0. The first-order valence-electron chi connectivity index (χ1n) is 11.0. The summed E-state index contributed by atoms with van der Waals surface area (Å²) in [6.07, 6.45) is 1.91. The molecule has 174 valence electrons. The minimum absolute atomic E-state index is 0.0299. The molecule has 1 amide bonds. The van der Waals surface area contributed by atoms with Crippen LogP contribution in [0.25, 0.3) is 11.1 Å². The minimum atomic E-state index is -0.519. The molecule has 0 bridgehead atoms. The SMILES string of the molecule is CCCC(Cc1ccc(-c2ccccc2C#N)cc1)C(=O)Nc1nc(C)c(Br)c(C)c1[N+](=O)[O-]. The largest absolute Gasteiger partial charge is 0.315 e. The van der Waals surface area contributed by atoms with Crippen LogP contribution in [-0.4, -0.2) is 15.8 Å². The van der Waals surface area contributed by atoms with Crippen LogP contribution in [-0.2, 0) is 11.2 Å². The summed E-state index contributed by atoms with van der Waals surface area (Å²) in [7, 11) is 0. The van der Waals surface area contributed by atoms with E-state index in [2.05, 4.69) is 32.3 Å². The molecule has 1 aromatic heterocycles. The van der Waals surface area contributed by atoms with Gasteiger partial charge in [-0.25, -0.2) is 4.98 Å². The number of aromatic nitrogens is 1. The highest BCUT2D eigenvalue weighted by Crippen LogP contribution is 2.34. The van der Waals surface area contributed by atoms with E-state index in [1.807, 2.05) is 49.4 Å². The Bertz CT molecular complexity index is 1270. The normalized spacial score (nSPS) is 11.5. The number of anilines is 1. The molecule has 0 aliphatic heterocycles. The van der Waals surface area contributed by atoms with E-state index >= 15 is 0 Å². The van der Waals surface area contributed by atoms with Crippen LogP contribution < -0.4 is 5.32 Å². The van der Waals surface area contributed by atoms with Crippen molar-refractivity contribution in [3.05, 3.63) is 85.5 Å². The number of nitriles is 1. The van der Waals surface area contributed by atoms with Gasteiger partial charge in [-0.05, 0) is 65.4 Å². The van der Waals surface area contributed by atoms with E-state index in [1.54, 1.807) is 19.9 Å². The number of nitrogens with one attached hydrogen (secondary N) is 1. The van der Waals surface area contributed by atoms with E-state index in [9.17, 15) is 20.2 Å². The zero-order chi connectivity index (χ0) is 24.8. The molecule has 0 spiro atoms. The molecule has 2 aromatic carbocycles. The number of pyridine rings is 1. The molecule has 3 aromatic rings. The Hall–Kier alpha value is -3.57. The minimum Gasteiger partial charge on any atom is -0.305 e. The van der Waals surface area contributed by atoms with Crippen LogP contribution >= 0.6 is 15.9 Å².